The van der Waals surface area contributed by atoms with E-state index in [9.17, 15) is 32.4 Å². The number of carbonyl (C=O) groups excluding carboxylic acids is 5. The first-order valence-corrected chi connectivity index (χ1v) is 27.1. The molecule has 3 heterocycles. The van der Waals surface area contributed by atoms with Crippen molar-refractivity contribution < 1.29 is 60.1 Å². The van der Waals surface area contributed by atoms with Crippen LogP contribution in [0, 0.1) is 5.92 Å². The van der Waals surface area contributed by atoms with Crippen LogP contribution in [0.3, 0.4) is 0 Å². The van der Waals surface area contributed by atoms with Gasteiger partial charge in [-0.25, -0.2) is 41.4 Å². The standard InChI is InChI=1S/C50H76ClF2N9O11S/c1-47(2,3)71-43(64)54-20-10-22-59(23-11-21-55-44(65)72-48(4,5)6)28-29-70-45(66)56-36-14-12-34(13-15-36)50(52,53)35-30-40(51)58-41(31-35)60-24-26-61(27-25-60)74(68,69)39-18-16-38(17-19-39)62-33-37(32-42(62)63)57-46(67)73-49(7,8)9/h16-19,30-31,34,36-37H,10-15,20-29,32-33H2,1-9H3,(H,54,64)(H,55,65)(H,56,66)(H,57,67)/t34?,36?,37-/m1/s1. The Hall–Kier alpha value is -5.26. The highest BCUT2D eigenvalue weighted by molar-refractivity contribution is 7.89. The number of aromatic nitrogens is 1. The zero-order valence-corrected chi connectivity index (χ0v) is 45.8. The lowest BCUT2D eigenvalue weighted by molar-refractivity contribution is -0.117. The number of nitrogens with one attached hydrogen (secondary N) is 4. The van der Waals surface area contributed by atoms with Crippen molar-refractivity contribution in [3.63, 3.8) is 0 Å². The van der Waals surface area contributed by atoms with Crippen LogP contribution in [0.1, 0.15) is 113 Å². The Balaban J connectivity index is 1.07. The SMILES string of the molecule is CC(C)(C)OC(=O)NCCCN(CCCNC(=O)OC(C)(C)C)CCOC(=O)NC1CCC(C(F)(F)c2cc(Cl)nc(N3CCN(S(=O)(=O)c4ccc(N5C[C@H](NC(=O)OC(C)(C)C)CC5=O)cc4)CC3)c2)CC1. The molecule has 414 valence electrons. The highest BCUT2D eigenvalue weighted by atomic mass is 35.5. The van der Waals surface area contributed by atoms with Crippen LogP contribution in [0.2, 0.25) is 5.15 Å². The van der Waals surface area contributed by atoms with Crippen molar-refractivity contribution in [1.29, 1.82) is 0 Å². The van der Waals surface area contributed by atoms with Crippen molar-refractivity contribution in [3.05, 3.63) is 47.1 Å². The molecule has 0 bridgehead atoms. The number of anilines is 2. The number of halogens is 3. The lowest BCUT2D eigenvalue weighted by atomic mass is 9.80. The van der Waals surface area contributed by atoms with E-state index in [0.717, 1.165) is 6.07 Å². The van der Waals surface area contributed by atoms with Gasteiger partial charge in [-0.1, -0.05) is 11.6 Å². The number of amides is 5. The number of ether oxygens (including phenoxy) is 4. The van der Waals surface area contributed by atoms with Gasteiger partial charge < -0.3 is 50.0 Å². The van der Waals surface area contributed by atoms with Gasteiger partial charge in [-0.05, 0) is 150 Å². The van der Waals surface area contributed by atoms with E-state index in [1.54, 1.807) is 79.3 Å². The second kappa shape index (κ2) is 25.5. The lowest BCUT2D eigenvalue weighted by Gasteiger charge is -2.36. The van der Waals surface area contributed by atoms with E-state index < -0.39 is 69.1 Å². The Bertz CT molecular complexity index is 2310. The van der Waals surface area contributed by atoms with Crippen LogP contribution < -0.4 is 31.1 Å². The number of nitrogens with zero attached hydrogens (tertiary/aromatic N) is 5. The van der Waals surface area contributed by atoms with Crippen LogP contribution in [0.15, 0.2) is 41.3 Å². The molecule has 0 unspecified atom stereocenters. The summed E-state index contributed by atoms with van der Waals surface area (Å²) in [6, 6.07) is 7.56. The van der Waals surface area contributed by atoms with E-state index in [4.69, 9.17) is 30.5 Å². The van der Waals surface area contributed by atoms with Crippen molar-refractivity contribution >= 4 is 63.4 Å². The van der Waals surface area contributed by atoms with Gasteiger partial charge in [-0.3, -0.25) is 9.69 Å². The number of alkyl carbamates (subject to hydrolysis) is 4. The Labute approximate surface area is 439 Å². The van der Waals surface area contributed by atoms with Crippen molar-refractivity contribution in [1.82, 2.24) is 35.5 Å². The van der Waals surface area contributed by atoms with Gasteiger partial charge in [0.1, 0.15) is 34.4 Å². The van der Waals surface area contributed by atoms with Crippen molar-refractivity contribution in [2.75, 3.05) is 81.9 Å². The Morgan fingerprint density at radius 2 is 1.26 bits per heavy atom. The second-order valence-corrected chi connectivity index (χ2v) is 24.2. The van der Waals surface area contributed by atoms with E-state index in [1.807, 2.05) is 4.90 Å². The highest BCUT2D eigenvalue weighted by Crippen LogP contribution is 2.45. The third-order valence-electron chi connectivity index (χ3n) is 12.2. The summed E-state index contributed by atoms with van der Waals surface area (Å²) in [6.45, 7) is 18.8. The maximum Gasteiger partial charge on any atom is 0.407 e. The van der Waals surface area contributed by atoms with Gasteiger partial charge in [-0.15, -0.1) is 0 Å². The summed E-state index contributed by atoms with van der Waals surface area (Å²) in [4.78, 5) is 71.7. The van der Waals surface area contributed by atoms with Crippen LogP contribution >= 0.6 is 11.6 Å². The number of pyridine rings is 1. The van der Waals surface area contributed by atoms with Crippen LogP contribution in [0.5, 0.6) is 0 Å². The summed E-state index contributed by atoms with van der Waals surface area (Å²) >= 11 is 6.35. The minimum Gasteiger partial charge on any atom is -0.448 e. The molecule has 24 heteroatoms. The fourth-order valence-electron chi connectivity index (χ4n) is 8.73. The molecule has 74 heavy (non-hydrogen) atoms. The van der Waals surface area contributed by atoms with E-state index in [0.29, 0.717) is 64.1 Å². The number of hydrogen-bond acceptors (Lipinski definition) is 14. The van der Waals surface area contributed by atoms with Gasteiger partial charge >= 0.3 is 24.4 Å². The number of sulfonamides is 1. The smallest absolute Gasteiger partial charge is 0.407 e. The number of carbonyl (C=O) groups is 5. The maximum absolute atomic E-state index is 16.3. The van der Waals surface area contributed by atoms with Gasteiger partial charge in [0.2, 0.25) is 15.9 Å². The second-order valence-electron chi connectivity index (χ2n) is 21.8. The van der Waals surface area contributed by atoms with E-state index in [-0.39, 0.29) is 92.0 Å². The topological polar surface area (TPSA) is 230 Å². The molecule has 1 atom stereocenters. The molecule has 0 radical (unpaired) electrons. The van der Waals surface area contributed by atoms with Crippen LogP contribution in [0.25, 0.3) is 0 Å². The molecule has 2 aromatic rings. The average molecular weight is 1080 g/mol. The number of hydrogen-bond donors (Lipinski definition) is 4. The lowest BCUT2D eigenvalue weighted by Crippen LogP contribution is -2.49. The van der Waals surface area contributed by atoms with E-state index >= 15 is 8.78 Å². The molecular weight excluding hydrogens is 1010 g/mol. The van der Waals surface area contributed by atoms with Crippen LogP contribution in [0.4, 0.5) is 39.5 Å². The first-order valence-electron chi connectivity index (χ1n) is 25.3. The summed E-state index contributed by atoms with van der Waals surface area (Å²) in [5, 5.41) is 10.9. The summed E-state index contributed by atoms with van der Waals surface area (Å²) in [7, 11) is -3.96. The fourth-order valence-corrected chi connectivity index (χ4v) is 10.4. The summed E-state index contributed by atoms with van der Waals surface area (Å²) < 4.78 is 82.8. The molecule has 2 saturated heterocycles. The third kappa shape index (κ3) is 18.8. The van der Waals surface area contributed by atoms with Crippen molar-refractivity contribution in [2.24, 2.45) is 5.92 Å². The number of alkyl halides is 2. The minimum atomic E-state index is -3.96. The molecular formula is C50H76ClF2N9O11S. The molecule has 20 nitrogen and oxygen atoms in total. The van der Waals surface area contributed by atoms with Gasteiger partial charge in [0.05, 0.1) is 10.9 Å². The summed E-state index contributed by atoms with van der Waals surface area (Å²) in [5.74, 6) is -4.35. The van der Waals surface area contributed by atoms with Gasteiger partial charge in [0, 0.05) is 82.0 Å². The molecule has 3 fully saturated rings. The van der Waals surface area contributed by atoms with E-state index in [2.05, 4.69) is 26.3 Å². The Morgan fingerprint density at radius 1 is 0.730 bits per heavy atom. The number of benzene rings is 1. The quantitative estimate of drug-likeness (QED) is 0.0611. The average Bonchev–Trinajstić information content (AvgIpc) is 3.66. The van der Waals surface area contributed by atoms with Crippen molar-refractivity contribution in [3.8, 4) is 0 Å². The molecule has 5 rings (SSSR count). The van der Waals surface area contributed by atoms with Crippen LogP contribution in [-0.4, -0.2) is 154 Å². The number of rotatable bonds is 19. The molecule has 1 saturated carbocycles. The molecule has 1 aliphatic carbocycles. The van der Waals surface area contributed by atoms with Crippen LogP contribution in [-0.2, 0) is 39.7 Å². The molecule has 1 aromatic heterocycles. The molecule has 0 spiro atoms. The highest BCUT2D eigenvalue weighted by Gasteiger charge is 2.44. The normalized spacial score (nSPS) is 19.2. The first-order chi connectivity index (χ1) is 34.5. The minimum absolute atomic E-state index is 0.0232. The predicted molar refractivity (Wildman–Crippen MR) is 275 cm³/mol. The summed E-state index contributed by atoms with van der Waals surface area (Å²) in [5.41, 5.74) is -1.78. The zero-order chi connectivity index (χ0) is 54.6. The summed E-state index contributed by atoms with van der Waals surface area (Å²) in [6.07, 6.45) is -0.262. The van der Waals surface area contributed by atoms with Gasteiger partial charge in [0.25, 0.3) is 5.92 Å². The first kappa shape index (κ1) is 59.6. The Kier molecular flexibility index (Phi) is 20.6. The van der Waals surface area contributed by atoms with E-state index in [1.165, 1.54) is 27.4 Å². The van der Waals surface area contributed by atoms with Crippen molar-refractivity contribution in [2.45, 2.75) is 147 Å². The monoisotopic (exact) mass is 1080 g/mol. The maximum atomic E-state index is 16.3. The molecule has 2 aliphatic heterocycles. The molecule has 5 amide bonds. The molecule has 3 aliphatic rings. The fraction of sp³-hybridized carbons (Fsp3) is 0.680. The van der Waals surface area contributed by atoms with Gasteiger partial charge in [-0.2, -0.15) is 4.31 Å². The largest absolute Gasteiger partial charge is 0.448 e. The third-order valence-corrected chi connectivity index (χ3v) is 14.3. The number of piperazine rings is 1. The van der Waals surface area contributed by atoms with Gasteiger partial charge in [0.15, 0.2) is 0 Å². The Morgan fingerprint density at radius 3 is 1.80 bits per heavy atom. The zero-order valence-electron chi connectivity index (χ0n) is 44.2. The molecule has 1 aromatic carbocycles. The molecule has 4 N–H and O–H groups in total. The predicted octanol–water partition coefficient (Wildman–Crippen LogP) is 7.38.